The Kier molecular flexibility index (Phi) is 6.26. The van der Waals surface area contributed by atoms with E-state index in [1.54, 1.807) is 0 Å². The van der Waals surface area contributed by atoms with Crippen molar-refractivity contribution in [2.45, 2.75) is 6.04 Å². The predicted molar refractivity (Wildman–Crippen MR) is 127 cm³/mol. The van der Waals surface area contributed by atoms with E-state index in [4.69, 9.17) is 0 Å². The monoisotopic (exact) mass is 456 g/mol. The first-order valence-electron chi connectivity index (χ1n) is 9.72. The van der Waals surface area contributed by atoms with E-state index in [9.17, 15) is 4.79 Å². The molecule has 0 aliphatic heterocycles. The lowest BCUT2D eigenvalue weighted by Gasteiger charge is -2.21. The fraction of sp³-hybridized carbons (Fsp3) is 0.0385. The summed E-state index contributed by atoms with van der Waals surface area (Å²) in [6.45, 7) is 0. The molecule has 0 bridgehead atoms. The van der Waals surface area contributed by atoms with Crippen LogP contribution in [-0.2, 0) is 0 Å². The third kappa shape index (κ3) is 4.97. The maximum absolute atomic E-state index is 12.5. The van der Waals surface area contributed by atoms with Crippen LogP contribution in [0.5, 0.6) is 0 Å². The molecule has 0 spiro atoms. The van der Waals surface area contributed by atoms with Gasteiger partial charge in [-0.3, -0.25) is 4.79 Å². The van der Waals surface area contributed by atoms with Gasteiger partial charge in [-0.2, -0.15) is 0 Å². The van der Waals surface area contributed by atoms with Gasteiger partial charge >= 0.3 is 0 Å². The van der Waals surface area contributed by atoms with Crippen LogP contribution in [0.2, 0.25) is 0 Å². The van der Waals surface area contributed by atoms with Crippen LogP contribution < -0.4 is 10.6 Å². The van der Waals surface area contributed by atoms with Gasteiger partial charge in [0.1, 0.15) is 0 Å². The van der Waals surface area contributed by atoms with E-state index in [1.807, 2.05) is 84.9 Å². The number of para-hydroxylation sites is 1. The van der Waals surface area contributed by atoms with Crippen LogP contribution in [0.3, 0.4) is 0 Å². The largest absolute Gasteiger partial charge is 0.374 e. The van der Waals surface area contributed by atoms with E-state index < -0.39 is 0 Å². The number of hydrogen-bond donors (Lipinski definition) is 2. The lowest BCUT2D eigenvalue weighted by atomic mass is 9.98. The molecule has 4 aromatic carbocycles. The first-order chi connectivity index (χ1) is 14.7. The van der Waals surface area contributed by atoms with Crippen molar-refractivity contribution in [2.75, 3.05) is 10.6 Å². The molecule has 148 valence electrons. The van der Waals surface area contributed by atoms with Crippen molar-refractivity contribution in [3.63, 3.8) is 0 Å². The van der Waals surface area contributed by atoms with Gasteiger partial charge in [0.25, 0.3) is 5.91 Å². The van der Waals surface area contributed by atoms with Gasteiger partial charge in [0, 0.05) is 21.4 Å². The number of halogens is 1. The van der Waals surface area contributed by atoms with E-state index >= 15 is 0 Å². The molecule has 0 saturated carbocycles. The second-order valence-corrected chi connectivity index (χ2v) is 7.85. The number of carbonyl (C=O) groups excluding carboxylic acids is 1. The van der Waals surface area contributed by atoms with Crippen LogP contribution >= 0.6 is 15.9 Å². The second kappa shape index (κ2) is 9.42. The summed E-state index contributed by atoms with van der Waals surface area (Å²) in [5.74, 6) is -0.125. The zero-order valence-corrected chi connectivity index (χ0v) is 17.8. The molecule has 3 nitrogen and oxygen atoms in total. The van der Waals surface area contributed by atoms with Crippen molar-refractivity contribution < 1.29 is 4.79 Å². The Hall–Kier alpha value is -3.37. The van der Waals surface area contributed by atoms with E-state index in [0.29, 0.717) is 5.56 Å². The Bertz CT molecular complexity index is 1100. The third-order valence-corrected chi connectivity index (χ3v) is 5.35. The highest BCUT2D eigenvalue weighted by Crippen LogP contribution is 2.28. The molecule has 4 aromatic rings. The van der Waals surface area contributed by atoms with Crippen LogP contribution in [0.25, 0.3) is 0 Å². The number of rotatable bonds is 6. The summed E-state index contributed by atoms with van der Waals surface area (Å²) in [7, 11) is 0. The topological polar surface area (TPSA) is 41.1 Å². The minimum Gasteiger partial charge on any atom is -0.374 e. The van der Waals surface area contributed by atoms with Gasteiger partial charge < -0.3 is 10.6 Å². The SMILES string of the molecule is O=C(Nc1ccccc1)c1ccc(NC(c2ccccc2)c2ccc(Br)cc2)cc1. The van der Waals surface area contributed by atoms with Gasteiger partial charge in [-0.1, -0.05) is 76.6 Å². The van der Waals surface area contributed by atoms with Gasteiger partial charge in [-0.05, 0) is 59.7 Å². The van der Waals surface area contributed by atoms with E-state index in [0.717, 1.165) is 21.4 Å². The smallest absolute Gasteiger partial charge is 0.255 e. The quantitative estimate of drug-likeness (QED) is 0.331. The Morgan fingerprint density at radius 2 is 1.20 bits per heavy atom. The first kappa shape index (κ1) is 19.9. The second-order valence-electron chi connectivity index (χ2n) is 6.94. The normalized spacial score (nSPS) is 11.5. The summed E-state index contributed by atoms with van der Waals surface area (Å²) in [4.78, 5) is 12.5. The van der Waals surface area contributed by atoms with E-state index in [2.05, 4.69) is 50.8 Å². The van der Waals surface area contributed by atoms with Crippen LogP contribution in [0.1, 0.15) is 27.5 Å². The van der Waals surface area contributed by atoms with Crippen LogP contribution in [-0.4, -0.2) is 5.91 Å². The van der Waals surface area contributed by atoms with Crippen LogP contribution in [0, 0.1) is 0 Å². The summed E-state index contributed by atoms with van der Waals surface area (Å²) >= 11 is 3.50. The lowest BCUT2D eigenvalue weighted by molar-refractivity contribution is 0.102. The fourth-order valence-corrected chi connectivity index (χ4v) is 3.53. The molecule has 4 heteroatoms. The molecule has 4 rings (SSSR count). The van der Waals surface area contributed by atoms with Crippen molar-refractivity contribution in [3.8, 4) is 0 Å². The van der Waals surface area contributed by atoms with E-state index in [-0.39, 0.29) is 11.9 Å². The van der Waals surface area contributed by atoms with Crippen molar-refractivity contribution in [3.05, 3.63) is 130 Å². The summed E-state index contributed by atoms with van der Waals surface area (Å²) < 4.78 is 1.05. The molecule has 30 heavy (non-hydrogen) atoms. The highest BCUT2D eigenvalue weighted by atomic mass is 79.9. The van der Waals surface area contributed by atoms with Crippen molar-refractivity contribution in [1.29, 1.82) is 0 Å². The molecular formula is C26H21BrN2O. The maximum Gasteiger partial charge on any atom is 0.255 e. The predicted octanol–water partition coefficient (Wildman–Crippen LogP) is 6.90. The Balaban J connectivity index is 1.53. The molecule has 1 amide bonds. The van der Waals surface area contributed by atoms with Crippen LogP contribution in [0.4, 0.5) is 11.4 Å². The first-order valence-corrected chi connectivity index (χ1v) is 10.5. The average molecular weight is 457 g/mol. The standard InChI is InChI=1S/C26H21BrN2O/c27-22-15-11-20(12-16-22)25(19-7-3-1-4-8-19)28-24-17-13-21(14-18-24)26(30)29-23-9-5-2-6-10-23/h1-18,25,28H,(H,29,30). The maximum atomic E-state index is 12.5. The average Bonchev–Trinajstić information content (AvgIpc) is 2.80. The molecule has 0 aliphatic rings. The lowest BCUT2D eigenvalue weighted by Crippen LogP contribution is -2.14. The Labute approximate surface area is 184 Å². The summed E-state index contributed by atoms with van der Waals surface area (Å²) in [5, 5.41) is 6.51. The van der Waals surface area contributed by atoms with Gasteiger partial charge in [0.05, 0.1) is 6.04 Å². The van der Waals surface area contributed by atoms with Gasteiger partial charge in [0.15, 0.2) is 0 Å². The fourth-order valence-electron chi connectivity index (χ4n) is 3.27. The van der Waals surface area contributed by atoms with Crippen molar-refractivity contribution in [1.82, 2.24) is 0 Å². The summed E-state index contributed by atoms with van der Waals surface area (Å²) in [6, 6.07) is 35.6. The highest BCUT2D eigenvalue weighted by molar-refractivity contribution is 9.10. The van der Waals surface area contributed by atoms with Gasteiger partial charge in [-0.15, -0.1) is 0 Å². The molecular weight excluding hydrogens is 436 g/mol. The number of benzene rings is 4. The number of nitrogens with one attached hydrogen (secondary N) is 2. The number of carbonyl (C=O) groups is 1. The summed E-state index contributed by atoms with van der Waals surface area (Å²) in [6.07, 6.45) is 0. The van der Waals surface area contributed by atoms with Gasteiger partial charge in [0.2, 0.25) is 0 Å². The van der Waals surface area contributed by atoms with Crippen molar-refractivity contribution in [2.24, 2.45) is 0 Å². The van der Waals surface area contributed by atoms with Crippen molar-refractivity contribution >= 4 is 33.2 Å². The Morgan fingerprint density at radius 3 is 1.83 bits per heavy atom. The minimum absolute atomic E-state index is 0.00305. The molecule has 1 atom stereocenters. The molecule has 0 saturated heterocycles. The number of hydrogen-bond acceptors (Lipinski definition) is 2. The zero-order chi connectivity index (χ0) is 20.8. The molecule has 0 heterocycles. The van der Waals surface area contributed by atoms with E-state index in [1.165, 1.54) is 5.56 Å². The Morgan fingerprint density at radius 1 is 0.633 bits per heavy atom. The number of amides is 1. The molecule has 0 aromatic heterocycles. The highest BCUT2D eigenvalue weighted by Gasteiger charge is 2.14. The van der Waals surface area contributed by atoms with Gasteiger partial charge in [-0.25, -0.2) is 0 Å². The molecule has 0 fully saturated rings. The molecule has 2 N–H and O–H groups in total. The third-order valence-electron chi connectivity index (χ3n) is 4.83. The summed E-state index contributed by atoms with van der Waals surface area (Å²) in [5.41, 5.74) is 4.68. The molecule has 0 aliphatic carbocycles. The number of anilines is 2. The minimum atomic E-state index is -0.125. The molecule has 1 unspecified atom stereocenters. The molecule has 0 radical (unpaired) electrons. The zero-order valence-electron chi connectivity index (χ0n) is 16.3. The van der Waals surface area contributed by atoms with Crippen LogP contribution in [0.15, 0.2) is 114 Å².